The van der Waals surface area contributed by atoms with Crippen LogP contribution in [-0.4, -0.2) is 37.1 Å². The van der Waals surface area contributed by atoms with Crippen molar-refractivity contribution in [3.8, 4) is 0 Å². The van der Waals surface area contributed by atoms with E-state index in [9.17, 15) is 9.59 Å². The van der Waals surface area contributed by atoms with Crippen LogP contribution in [0.1, 0.15) is 17.5 Å². The Hall–Kier alpha value is -2.04. The molecule has 0 atom stereocenters. The fraction of sp³-hybridized carbons (Fsp3) is 0.429. The minimum Gasteiger partial charge on any atom is -0.480 e. The number of rotatable bonds is 2. The van der Waals surface area contributed by atoms with Crippen LogP contribution in [0.5, 0.6) is 0 Å². The number of aryl methyl sites for hydroxylation is 2. The summed E-state index contributed by atoms with van der Waals surface area (Å²) in [6.07, 6.45) is 0.330. The number of carbonyl (C=O) groups excluding carboxylic acids is 1. The van der Waals surface area contributed by atoms with Crippen LogP contribution in [0.15, 0.2) is 12.1 Å². The number of carboxylic acids is 1. The number of nitrogens with zero attached hydrogens (tertiary/aromatic N) is 2. The predicted molar refractivity (Wildman–Crippen MR) is 73.8 cm³/mol. The number of benzene rings is 1. The van der Waals surface area contributed by atoms with Gasteiger partial charge in [-0.1, -0.05) is 6.07 Å². The summed E-state index contributed by atoms with van der Waals surface area (Å²) < 4.78 is 0. The van der Waals surface area contributed by atoms with Crippen molar-refractivity contribution < 1.29 is 14.7 Å². The molecule has 0 bridgehead atoms. The lowest BCUT2D eigenvalue weighted by molar-refractivity contribution is -0.135. The van der Waals surface area contributed by atoms with Crippen molar-refractivity contribution in [1.29, 1.82) is 0 Å². The van der Waals surface area contributed by atoms with Crippen molar-refractivity contribution >= 4 is 23.3 Å². The van der Waals surface area contributed by atoms with Gasteiger partial charge in [0.25, 0.3) is 0 Å². The molecule has 102 valence electrons. The van der Waals surface area contributed by atoms with Crippen molar-refractivity contribution in [3.05, 3.63) is 23.3 Å². The van der Waals surface area contributed by atoms with Crippen molar-refractivity contribution in [3.63, 3.8) is 0 Å². The molecule has 0 unspecified atom stereocenters. The first-order valence-corrected chi connectivity index (χ1v) is 6.24. The van der Waals surface area contributed by atoms with E-state index in [1.807, 2.05) is 26.0 Å². The summed E-state index contributed by atoms with van der Waals surface area (Å²) in [5.41, 5.74) is 3.70. The summed E-state index contributed by atoms with van der Waals surface area (Å²) in [5, 5.41) is 9.02. The fourth-order valence-electron chi connectivity index (χ4n) is 2.57. The molecule has 5 heteroatoms. The number of hydrogen-bond acceptors (Lipinski definition) is 3. The number of fused-ring (bicyclic) bond motifs is 1. The second-order valence-electron chi connectivity index (χ2n) is 4.97. The molecule has 1 heterocycles. The third-order valence-electron chi connectivity index (χ3n) is 3.40. The first-order valence-electron chi connectivity index (χ1n) is 6.24. The fourth-order valence-corrected chi connectivity index (χ4v) is 2.57. The molecule has 1 aliphatic rings. The number of carboxylic acid groups (broad SMARTS) is 1. The maximum atomic E-state index is 12.0. The van der Waals surface area contributed by atoms with Crippen LogP contribution in [0.2, 0.25) is 0 Å². The number of amides is 1. The van der Waals surface area contributed by atoms with E-state index >= 15 is 0 Å². The van der Waals surface area contributed by atoms with Crippen molar-refractivity contribution in [2.45, 2.75) is 20.3 Å². The Balaban J connectivity index is 2.57. The lowest BCUT2D eigenvalue weighted by Crippen LogP contribution is -2.31. The Bertz CT molecular complexity index is 540. The smallest absolute Gasteiger partial charge is 0.323 e. The average molecular weight is 262 g/mol. The molecule has 1 amide bonds. The van der Waals surface area contributed by atoms with Crippen LogP contribution >= 0.6 is 0 Å². The zero-order valence-electron chi connectivity index (χ0n) is 11.4. The molecule has 1 N–H and O–H groups in total. The maximum Gasteiger partial charge on any atom is 0.323 e. The first-order chi connectivity index (χ1) is 8.90. The van der Waals surface area contributed by atoms with Crippen LogP contribution in [0.3, 0.4) is 0 Å². The van der Waals surface area contributed by atoms with Crippen LogP contribution in [0, 0.1) is 13.8 Å². The van der Waals surface area contributed by atoms with E-state index in [2.05, 4.69) is 0 Å². The first kappa shape index (κ1) is 13.4. The molecule has 0 fully saturated rings. The van der Waals surface area contributed by atoms with E-state index in [1.54, 1.807) is 16.8 Å². The Morgan fingerprint density at radius 3 is 2.68 bits per heavy atom. The van der Waals surface area contributed by atoms with Crippen LogP contribution < -0.4 is 9.80 Å². The van der Waals surface area contributed by atoms with E-state index in [4.69, 9.17) is 5.11 Å². The van der Waals surface area contributed by atoms with Gasteiger partial charge >= 0.3 is 5.97 Å². The summed E-state index contributed by atoms with van der Waals surface area (Å²) in [4.78, 5) is 26.4. The highest BCUT2D eigenvalue weighted by molar-refractivity contribution is 5.99. The van der Waals surface area contributed by atoms with Crippen LogP contribution in [0.4, 0.5) is 11.4 Å². The quantitative estimate of drug-likeness (QED) is 0.878. The Morgan fingerprint density at radius 1 is 1.37 bits per heavy atom. The van der Waals surface area contributed by atoms with E-state index in [0.717, 1.165) is 22.5 Å². The minimum atomic E-state index is -0.886. The normalized spacial score (nSPS) is 15.2. The summed E-state index contributed by atoms with van der Waals surface area (Å²) in [7, 11) is 1.74. The standard InChI is InChI=1S/C14H18N2O3/c1-9-6-10(2)14-11(7-9)15(3)12(17)4-5-16(14)8-13(18)19/h6-7H,4-5,8H2,1-3H3,(H,18,19). The summed E-state index contributed by atoms with van der Waals surface area (Å²) in [5.74, 6) is -0.873. The van der Waals surface area contributed by atoms with Gasteiger partial charge < -0.3 is 14.9 Å². The van der Waals surface area contributed by atoms with Crippen molar-refractivity contribution in [1.82, 2.24) is 0 Å². The number of aliphatic carboxylic acids is 1. The number of anilines is 2. The van der Waals surface area contributed by atoms with Gasteiger partial charge in [0.15, 0.2) is 0 Å². The monoisotopic (exact) mass is 262 g/mol. The van der Waals surface area contributed by atoms with Gasteiger partial charge in [0.1, 0.15) is 6.54 Å². The van der Waals surface area contributed by atoms with Gasteiger partial charge in [-0.25, -0.2) is 0 Å². The molecular weight excluding hydrogens is 244 g/mol. The minimum absolute atomic E-state index is 0.0131. The molecule has 1 aromatic rings. The van der Waals surface area contributed by atoms with Gasteiger partial charge in [-0.3, -0.25) is 9.59 Å². The molecule has 0 aliphatic carbocycles. The average Bonchev–Trinajstić information content (AvgIpc) is 2.41. The van der Waals surface area contributed by atoms with Gasteiger partial charge in [0.05, 0.1) is 11.4 Å². The third kappa shape index (κ3) is 2.54. The highest BCUT2D eigenvalue weighted by Crippen LogP contribution is 2.36. The van der Waals surface area contributed by atoms with E-state index in [0.29, 0.717) is 13.0 Å². The highest BCUT2D eigenvalue weighted by atomic mass is 16.4. The van der Waals surface area contributed by atoms with Gasteiger partial charge in [-0.2, -0.15) is 0 Å². The molecule has 1 aromatic carbocycles. The lowest BCUT2D eigenvalue weighted by Gasteiger charge is -2.26. The van der Waals surface area contributed by atoms with Gasteiger partial charge in [0, 0.05) is 20.0 Å². The Kier molecular flexibility index (Phi) is 3.46. The molecule has 2 rings (SSSR count). The van der Waals surface area contributed by atoms with Crippen molar-refractivity contribution in [2.24, 2.45) is 0 Å². The highest BCUT2D eigenvalue weighted by Gasteiger charge is 2.26. The number of carbonyl (C=O) groups is 2. The number of hydrogen-bond donors (Lipinski definition) is 1. The van der Waals surface area contributed by atoms with Crippen LogP contribution in [-0.2, 0) is 9.59 Å². The Morgan fingerprint density at radius 2 is 2.05 bits per heavy atom. The molecule has 0 saturated heterocycles. The molecule has 0 radical (unpaired) electrons. The maximum absolute atomic E-state index is 12.0. The Labute approximate surface area is 112 Å². The summed E-state index contributed by atoms with van der Waals surface area (Å²) >= 11 is 0. The SMILES string of the molecule is Cc1cc(C)c2c(c1)N(C)C(=O)CCN2CC(=O)O. The largest absolute Gasteiger partial charge is 0.480 e. The molecule has 19 heavy (non-hydrogen) atoms. The zero-order chi connectivity index (χ0) is 14.2. The summed E-state index contributed by atoms with van der Waals surface area (Å²) in [6.45, 7) is 4.27. The lowest BCUT2D eigenvalue weighted by atomic mass is 10.1. The van der Waals surface area contributed by atoms with Gasteiger partial charge in [-0.05, 0) is 31.0 Å². The zero-order valence-corrected chi connectivity index (χ0v) is 11.4. The molecule has 0 spiro atoms. The topological polar surface area (TPSA) is 60.9 Å². The van der Waals surface area contributed by atoms with E-state index in [-0.39, 0.29) is 12.5 Å². The summed E-state index contributed by atoms with van der Waals surface area (Å²) in [6, 6.07) is 3.94. The molecule has 0 saturated carbocycles. The van der Waals surface area contributed by atoms with Gasteiger partial charge in [-0.15, -0.1) is 0 Å². The molecule has 0 aromatic heterocycles. The van der Waals surface area contributed by atoms with Crippen molar-refractivity contribution in [2.75, 3.05) is 29.9 Å². The second-order valence-corrected chi connectivity index (χ2v) is 4.97. The molecule has 5 nitrogen and oxygen atoms in total. The molecular formula is C14H18N2O3. The van der Waals surface area contributed by atoms with Gasteiger partial charge in [0.2, 0.25) is 5.91 Å². The van der Waals surface area contributed by atoms with E-state index in [1.165, 1.54) is 0 Å². The predicted octanol–water partition coefficient (Wildman–Crippen LogP) is 1.56. The third-order valence-corrected chi connectivity index (χ3v) is 3.40. The van der Waals surface area contributed by atoms with Crippen LogP contribution in [0.25, 0.3) is 0 Å². The van der Waals surface area contributed by atoms with E-state index < -0.39 is 5.97 Å². The second kappa shape index (κ2) is 4.91. The molecule has 1 aliphatic heterocycles.